The van der Waals surface area contributed by atoms with Crippen molar-refractivity contribution in [2.75, 3.05) is 13.1 Å². The molecule has 18 heavy (non-hydrogen) atoms. The van der Waals surface area contributed by atoms with Gasteiger partial charge in [-0.25, -0.2) is 0 Å². The number of phenolic OH excluding ortho intramolecular Hbond substituents is 1. The van der Waals surface area contributed by atoms with E-state index in [9.17, 15) is 25.1 Å². The summed E-state index contributed by atoms with van der Waals surface area (Å²) in [7, 11) is 0. The van der Waals surface area contributed by atoms with Crippen LogP contribution in [0.4, 0.5) is 5.69 Å². The lowest BCUT2D eigenvalue weighted by Gasteiger charge is -2.15. The molecule has 1 aliphatic rings. The normalized spacial score (nSPS) is 14.4. The number of hydrogen-bond donors (Lipinski definition) is 2. The predicted octanol–water partition coefficient (Wildman–Crippen LogP) is 1.20. The van der Waals surface area contributed by atoms with Gasteiger partial charge in [0.15, 0.2) is 0 Å². The van der Waals surface area contributed by atoms with Crippen LogP contribution in [0.25, 0.3) is 0 Å². The van der Waals surface area contributed by atoms with Gasteiger partial charge in [-0.15, -0.1) is 0 Å². The molecule has 1 heterocycles. The molecule has 1 aliphatic heterocycles. The minimum Gasteiger partial charge on any atom is -0.511 e. The SMILES string of the molecule is O=C(c1cccc([N+](=O)[O-])c1O)N1CC=C(O)C1. The summed E-state index contributed by atoms with van der Waals surface area (Å²) in [6.45, 7) is 0.258. The van der Waals surface area contributed by atoms with Gasteiger partial charge >= 0.3 is 5.69 Å². The van der Waals surface area contributed by atoms with E-state index in [2.05, 4.69) is 0 Å². The van der Waals surface area contributed by atoms with E-state index in [1.807, 2.05) is 0 Å². The Balaban J connectivity index is 2.32. The van der Waals surface area contributed by atoms with Crippen molar-refractivity contribution >= 4 is 11.6 Å². The quantitative estimate of drug-likeness (QED) is 0.606. The zero-order chi connectivity index (χ0) is 13.3. The molecule has 2 N–H and O–H groups in total. The van der Waals surface area contributed by atoms with Crippen molar-refractivity contribution in [1.29, 1.82) is 0 Å². The molecule has 0 aliphatic carbocycles. The molecule has 0 unspecified atom stereocenters. The summed E-state index contributed by atoms with van der Waals surface area (Å²) in [6.07, 6.45) is 1.46. The Morgan fingerprint density at radius 2 is 2.11 bits per heavy atom. The fourth-order valence-electron chi connectivity index (χ4n) is 1.72. The highest BCUT2D eigenvalue weighted by Gasteiger charge is 2.26. The monoisotopic (exact) mass is 250 g/mol. The highest BCUT2D eigenvalue weighted by molar-refractivity contribution is 5.98. The molecule has 94 valence electrons. The Bertz CT molecular complexity index is 552. The van der Waals surface area contributed by atoms with E-state index in [4.69, 9.17) is 0 Å². The van der Waals surface area contributed by atoms with Crippen LogP contribution in [0.5, 0.6) is 5.75 Å². The lowest BCUT2D eigenvalue weighted by atomic mass is 10.1. The van der Waals surface area contributed by atoms with Crippen molar-refractivity contribution in [3.8, 4) is 5.75 Å². The van der Waals surface area contributed by atoms with Crippen LogP contribution in [0, 0.1) is 10.1 Å². The number of hydrogen-bond acceptors (Lipinski definition) is 5. The van der Waals surface area contributed by atoms with Gasteiger partial charge in [0, 0.05) is 12.6 Å². The van der Waals surface area contributed by atoms with Crippen molar-refractivity contribution < 1.29 is 19.9 Å². The smallest absolute Gasteiger partial charge is 0.311 e. The van der Waals surface area contributed by atoms with E-state index in [0.29, 0.717) is 0 Å². The number of nitrogens with zero attached hydrogens (tertiary/aromatic N) is 2. The average molecular weight is 250 g/mol. The number of rotatable bonds is 2. The molecule has 0 aromatic heterocycles. The molecule has 0 bridgehead atoms. The molecule has 7 nitrogen and oxygen atoms in total. The predicted molar refractivity (Wildman–Crippen MR) is 61.4 cm³/mol. The molecule has 1 amide bonds. The summed E-state index contributed by atoms with van der Waals surface area (Å²) in [5.74, 6) is -1.15. The van der Waals surface area contributed by atoms with Crippen LogP contribution in [0.3, 0.4) is 0 Å². The van der Waals surface area contributed by atoms with E-state index < -0.39 is 22.3 Å². The minimum atomic E-state index is -0.758. The molecular formula is C11H10N2O5. The minimum absolute atomic E-state index is 0.0426. The molecular weight excluding hydrogens is 240 g/mol. The number of amides is 1. The third-order valence-electron chi connectivity index (χ3n) is 2.63. The first-order chi connectivity index (χ1) is 8.50. The van der Waals surface area contributed by atoms with Gasteiger partial charge in [-0.1, -0.05) is 6.07 Å². The van der Waals surface area contributed by atoms with Crippen LogP contribution in [-0.2, 0) is 0 Å². The number of carbonyl (C=O) groups is 1. The first-order valence-corrected chi connectivity index (χ1v) is 5.14. The van der Waals surface area contributed by atoms with Crippen molar-refractivity contribution in [1.82, 2.24) is 4.90 Å². The molecule has 0 atom stereocenters. The fraction of sp³-hybridized carbons (Fsp3) is 0.182. The van der Waals surface area contributed by atoms with Crippen LogP contribution in [0.1, 0.15) is 10.4 Å². The zero-order valence-electron chi connectivity index (χ0n) is 9.24. The van der Waals surface area contributed by atoms with Crippen LogP contribution in [0.15, 0.2) is 30.0 Å². The molecule has 1 aromatic carbocycles. The summed E-state index contributed by atoms with van der Waals surface area (Å²) < 4.78 is 0. The standard InChI is InChI=1S/C11H10N2O5/c14-7-4-5-12(6-7)11(16)8-2-1-3-9(10(8)15)13(17)18/h1-4,14-15H,5-6H2. The first kappa shape index (κ1) is 11.9. The first-order valence-electron chi connectivity index (χ1n) is 5.14. The second-order valence-electron chi connectivity index (χ2n) is 3.81. The number of benzene rings is 1. The summed E-state index contributed by atoms with van der Waals surface area (Å²) in [5.41, 5.74) is -0.662. The van der Waals surface area contributed by atoms with Crippen LogP contribution in [-0.4, -0.2) is 39.0 Å². The molecule has 0 radical (unpaired) electrons. The number of nitro groups is 1. The summed E-state index contributed by atoms with van der Waals surface area (Å²) in [5, 5.41) is 29.5. The average Bonchev–Trinajstić information content (AvgIpc) is 2.75. The summed E-state index contributed by atoms with van der Waals surface area (Å²) >= 11 is 0. The number of nitro benzene ring substituents is 1. The highest BCUT2D eigenvalue weighted by Crippen LogP contribution is 2.30. The number of carbonyl (C=O) groups excluding carboxylic acids is 1. The molecule has 0 saturated heterocycles. The van der Waals surface area contributed by atoms with E-state index in [-0.39, 0.29) is 24.4 Å². The van der Waals surface area contributed by atoms with E-state index in [1.165, 1.54) is 23.1 Å². The lowest BCUT2D eigenvalue weighted by molar-refractivity contribution is -0.385. The maximum absolute atomic E-state index is 12.0. The highest BCUT2D eigenvalue weighted by atomic mass is 16.6. The maximum atomic E-state index is 12.0. The van der Waals surface area contributed by atoms with Gasteiger partial charge in [0.2, 0.25) is 5.75 Å². The third kappa shape index (κ3) is 1.97. The fourth-order valence-corrected chi connectivity index (χ4v) is 1.72. The topological polar surface area (TPSA) is 104 Å². The van der Waals surface area contributed by atoms with Gasteiger partial charge in [-0.2, -0.15) is 0 Å². The maximum Gasteiger partial charge on any atom is 0.311 e. The number of aliphatic hydroxyl groups is 1. The van der Waals surface area contributed by atoms with Crippen LogP contribution >= 0.6 is 0 Å². The third-order valence-corrected chi connectivity index (χ3v) is 2.63. The molecule has 2 rings (SSSR count). The van der Waals surface area contributed by atoms with Gasteiger partial charge < -0.3 is 15.1 Å². The van der Waals surface area contributed by atoms with Crippen molar-refractivity contribution in [2.45, 2.75) is 0 Å². The van der Waals surface area contributed by atoms with Gasteiger partial charge in [-0.05, 0) is 12.1 Å². The second kappa shape index (κ2) is 4.36. The Morgan fingerprint density at radius 3 is 2.67 bits per heavy atom. The van der Waals surface area contributed by atoms with Crippen LogP contribution < -0.4 is 0 Å². The number of aromatic hydroxyl groups is 1. The molecule has 7 heteroatoms. The Morgan fingerprint density at radius 1 is 1.39 bits per heavy atom. The Hall–Kier alpha value is -2.57. The number of aliphatic hydroxyl groups excluding tert-OH is 1. The van der Waals surface area contributed by atoms with Crippen molar-refractivity contribution in [2.24, 2.45) is 0 Å². The van der Waals surface area contributed by atoms with Gasteiger partial charge in [0.1, 0.15) is 5.76 Å². The van der Waals surface area contributed by atoms with Gasteiger partial charge in [-0.3, -0.25) is 14.9 Å². The van der Waals surface area contributed by atoms with E-state index in [0.717, 1.165) is 6.07 Å². The largest absolute Gasteiger partial charge is 0.511 e. The Kier molecular flexibility index (Phi) is 2.88. The Labute approximate surface area is 102 Å². The van der Waals surface area contributed by atoms with E-state index in [1.54, 1.807) is 0 Å². The number of phenols is 1. The molecule has 0 fully saturated rings. The molecule has 1 aromatic rings. The second-order valence-corrected chi connectivity index (χ2v) is 3.81. The van der Waals surface area contributed by atoms with Gasteiger partial charge in [0.05, 0.1) is 17.0 Å². The van der Waals surface area contributed by atoms with E-state index >= 15 is 0 Å². The molecule has 0 spiro atoms. The van der Waals surface area contributed by atoms with Gasteiger partial charge in [0.25, 0.3) is 5.91 Å². The number of para-hydroxylation sites is 1. The summed E-state index contributed by atoms with van der Waals surface area (Å²) in [4.78, 5) is 23.1. The van der Waals surface area contributed by atoms with Crippen LogP contribution in [0.2, 0.25) is 0 Å². The molecule has 0 saturated carbocycles. The zero-order valence-corrected chi connectivity index (χ0v) is 9.24. The van der Waals surface area contributed by atoms with Crippen molar-refractivity contribution in [3.63, 3.8) is 0 Å². The summed E-state index contributed by atoms with van der Waals surface area (Å²) in [6, 6.07) is 3.75. The lowest BCUT2D eigenvalue weighted by Crippen LogP contribution is -2.29. The van der Waals surface area contributed by atoms with Crippen molar-refractivity contribution in [3.05, 3.63) is 45.7 Å².